The first kappa shape index (κ1) is 24.0. The van der Waals surface area contributed by atoms with Crippen LogP contribution in [-0.2, 0) is 10.8 Å². The fourth-order valence-electron chi connectivity index (χ4n) is 6.93. The zero-order valence-electron chi connectivity index (χ0n) is 21.3. The van der Waals surface area contributed by atoms with Crippen LogP contribution < -0.4 is 4.90 Å². The van der Waals surface area contributed by atoms with Gasteiger partial charge in [-0.15, -0.1) is 0 Å². The quantitative estimate of drug-likeness (QED) is 0.225. The van der Waals surface area contributed by atoms with Crippen LogP contribution >= 0.6 is 31.9 Å². The van der Waals surface area contributed by atoms with E-state index in [1.54, 1.807) is 11.1 Å². The van der Waals surface area contributed by atoms with Crippen molar-refractivity contribution in [3.8, 4) is 11.1 Å². The van der Waals surface area contributed by atoms with Crippen LogP contribution in [-0.4, -0.2) is 0 Å². The summed E-state index contributed by atoms with van der Waals surface area (Å²) in [4.78, 5) is 2.34. The molecule has 182 valence electrons. The molecule has 0 heterocycles. The molecule has 2 aliphatic carbocycles. The zero-order chi connectivity index (χ0) is 25.2. The Labute approximate surface area is 231 Å². The van der Waals surface area contributed by atoms with Gasteiger partial charge in [0.05, 0.1) is 0 Å². The van der Waals surface area contributed by atoms with Gasteiger partial charge in [-0.2, -0.15) is 0 Å². The number of fused-ring (bicyclic) bond motifs is 5. The van der Waals surface area contributed by atoms with Crippen LogP contribution in [0.25, 0.3) is 11.1 Å². The molecule has 1 nitrogen and oxygen atoms in total. The molecule has 1 saturated carbocycles. The van der Waals surface area contributed by atoms with Crippen LogP contribution in [0.2, 0.25) is 0 Å². The minimum Gasteiger partial charge on any atom is -0.310 e. The van der Waals surface area contributed by atoms with Crippen molar-refractivity contribution >= 4 is 48.9 Å². The lowest BCUT2D eigenvalue weighted by Gasteiger charge is -2.29. The summed E-state index contributed by atoms with van der Waals surface area (Å²) < 4.78 is 2.16. The Balaban J connectivity index is 1.46. The Kier molecular flexibility index (Phi) is 5.73. The summed E-state index contributed by atoms with van der Waals surface area (Å²) in [6.45, 7) is 9.46. The Morgan fingerprint density at radius 3 is 1.64 bits per heavy atom. The average molecular weight is 601 g/mol. The fraction of sp³-hybridized carbons (Fsp3) is 0.273. The van der Waals surface area contributed by atoms with Gasteiger partial charge >= 0.3 is 0 Å². The SMILES string of the molecule is Cc1cc(N(c2ccc(Br)cc2)c2ccc(Br)cc2)cc(C)c1-c1ccc2c(c1)C1(C)CCC2(C)C1. The standard InChI is InChI=1S/C33H31Br2N/c1-21-17-28(36(26-10-6-24(34)7-11-26)27-12-8-25(35)9-13-27)18-22(2)31(21)23-5-14-29-30(19-23)33(4)16-15-32(29,3)20-33/h5-14,17-19H,15-16,20H2,1-4H3. The molecule has 2 bridgehead atoms. The first-order valence-electron chi connectivity index (χ1n) is 12.7. The van der Waals surface area contributed by atoms with Crippen LogP contribution in [0.15, 0.2) is 87.8 Å². The molecule has 2 aliphatic rings. The number of hydrogen-bond acceptors (Lipinski definition) is 1. The molecule has 0 N–H and O–H groups in total. The van der Waals surface area contributed by atoms with Crippen LogP contribution in [0.3, 0.4) is 0 Å². The maximum Gasteiger partial charge on any atom is 0.0467 e. The molecule has 4 aromatic carbocycles. The van der Waals surface area contributed by atoms with Gasteiger partial charge in [-0.1, -0.05) is 63.9 Å². The fourth-order valence-corrected chi connectivity index (χ4v) is 7.46. The van der Waals surface area contributed by atoms with Gasteiger partial charge in [-0.25, -0.2) is 0 Å². The van der Waals surface area contributed by atoms with Gasteiger partial charge in [0.1, 0.15) is 0 Å². The topological polar surface area (TPSA) is 3.24 Å². The van der Waals surface area contributed by atoms with Crippen LogP contribution in [0.1, 0.15) is 55.4 Å². The molecule has 2 atom stereocenters. The maximum absolute atomic E-state index is 3.59. The van der Waals surface area contributed by atoms with E-state index in [1.165, 1.54) is 47.2 Å². The molecular weight excluding hydrogens is 570 g/mol. The van der Waals surface area contributed by atoms with Gasteiger partial charge in [0.25, 0.3) is 0 Å². The van der Waals surface area contributed by atoms with E-state index in [-0.39, 0.29) is 0 Å². The molecular formula is C33H31Br2N. The Morgan fingerprint density at radius 2 is 1.11 bits per heavy atom. The molecule has 4 aromatic rings. The summed E-state index contributed by atoms with van der Waals surface area (Å²) in [5.41, 5.74) is 12.7. The number of benzene rings is 4. The highest BCUT2D eigenvalue weighted by Crippen LogP contribution is 2.60. The molecule has 0 spiro atoms. The lowest BCUT2D eigenvalue weighted by molar-refractivity contribution is 0.484. The number of halogens is 2. The van der Waals surface area contributed by atoms with Crippen molar-refractivity contribution in [3.05, 3.63) is 110 Å². The monoisotopic (exact) mass is 599 g/mol. The highest BCUT2D eigenvalue weighted by molar-refractivity contribution is 9.10. The Bertz CT molecular complexity index is 1400. The summed E-state index contributed by atoms with van der Waals surface area (Å²) in [6.07, 6.45) is 3.93. The van der Waals surface area contributed by atoms with Gasteiger partial charge in [-0.05, 0) is 138 Å². The number of rotatable bonds is 4. The average Bonchev–Trinajstić information content (AvgIpc) is 3.28. The molecule has 6 rings (SSSR count). The van der Waals surface area contributed by atoms with Crippen molar-refractivity contribution in [1.29, 1.82) is 0 Å². The van der Waals surface area contributed by atoms with E-state index in [2.05, 4.69) is 143 Å². The molecule has 2 unspecified atom stereocenters. The largest absolute Gasteiger partial charge is 0.310 e. The predicted molar refractivity (Wildman–Crippen MR) is 160 cm³/mol. The van der Waals surface area contributed by atoms with Crippen LogP contribution in [0.5, 0.6) is 0 Å². The smallest absolute Gasteiger partial charge is 0.0467 e. The minimum atomic E-state index is 0.335. The van der Waals surface area contributed by atoms with Gasteiger partial charge < -0.3 is 4.90 Å². The maximum atomic E-state index is 3.59. The van der Waals surface area contributed by atoms with Crippen LogP contribution in [0.4, 0.5) is 17.1 Å². The van der Waals surface area contributed by atoms with E-state index >= 15 is 0 Å². The summed E-state index contributed by atoms with van der Waals surface area (Å²) >= 11 is 7.18. The van der Waals surface area contributed by atoms with Crippen molar-refractivity contribution in [2.45, 2.75) is 57.8 Å². The molecule has 1 fully saturated rings. The third kappa shape index (κ3) is 3.87. The van der Waals surface area contributed by atoms with E-state index < -0.39 is 0 Å². The van der Waals surface area contributed by atoms with Gasteiger partial charge in [0.15, 0.2) is 0 Å². The molecule has 0 aromatic heterocycles. The molecule has 0 amide bonds. The van der Waals surface area contributed by atoms with Crippen molar-refractivity contribution in [3.63, 3.8) is 0 Å². The van der Waals surface area contributed by atoms with E-state index in [0.717, 1.165) is 20.3 Å². The zero-order valence-corrected chi connectivity index (χ0v) is 24.5. The first-order chi connectivity index (χ1) is 17.2. The summed E-state index contributed by atoms with van der Waals surface area (Å²) in [6, 6.07) is 29.1. The molecule has 36 heavy (non-hydrogen) atoms. The number of hydrogen-bond donors (Lipinski definition) is 0. The second kappa shape index (κ2) is 8.60. The van der Waals surface area contributed by atoms with E-state index in [9.17, 15) is 0 Å². The third-order valence-corrected chi connectivity index (χ3v) is 9.62. The summed E-state index contributed by atoms with van der Waals surface area (Å²) in [5, 5.41) is 0. The van der Waals surface area contributed by atoms with E-state index in [0.29, 0.717) is 10.8 Å². The highest BCUT2D eigenvalue weighted by Gasteiger charge is 2.52. The number of anilines is 3. The Hall–Kier alpha value is -2.36. The van der Waals surface area contributed by atoms with Gasteiger partial charge in [-0.3, -0.25) is 0 Å². The van der Waals surface area contributed by atoms with Crippen LogP contribution in [0, 0.1) is 13.8 Å². The normalized spacial score (nSPS) is 22.1. The molecule has 0 radical (unpaired) electrons. The summed E-state index contributed by atoms with van der Waals surface area (Å²) in [7, 11) is 0. The van der Waals surface area contributed by atoms with E-state index in [4.69, 9.17) is 0 Å². The van der Waals surface area contributed by atoms with Gasteiger partial charge in [0.2, 0.25) is 0 Å². The second-order valence-corrected chi connectivity index (χ2v) is 13.1. The number of nitrogens with zero attached hydrogens (tertiary/aromatic N) is 1. The lowest BCUT2D eigenvalue weighted by Crippen LogP contribution is -2.18. The molecule has 0 saturated heterocycles. The van der Waals surface area contributed by atoms with E-state index in [1.807, 2.05) is 0 Å². The van der Waals surface area contributed by atoms with Gasteiger partial charge in [0, 0.05) is 26.0 Å². The van der Waals surface area contributed by atoms with Crippen molar-refractivity contribution in [2.24, 2.45) is 0 Å². The van der Waals surface area contributed by atoms with Crippen molar-refractivity contribution in [1.82, 2.24) is 0 Å². The second-order valence-electron chi connectivity index (χ2n) is 11.3. The number of aryl methyl sites for hydroxylation is 2. The Morgan fingerprint density at radius 1 is 0.611 bits per heavy atom. The summed E-state index contributed by atoms with van der Waals surface area (Å²) in [5.74, 6) is 0. The molecule has 0 aliphatic heterocycles. The van der Waals surface area contributed by atoms with Crippen molar-refractivity contribution in [2.75, 3.05) is 4.90 Å². The van der Waals surface area contributed by atoms with Crippen molar-refractivity contribution < 1.29 is 0 Å². The first-order valence-corrected chi connectivity index (χ1v) is 14.3. The highest BCUT2D eigenvalue weighted by atomic mass is 79.9. The molecule has 3 heteroatoms. The third-order valence-electron chi connectivity index (χ3n) is 8.56. The minimum absolute atomic E-state index is 0.335. The lowest BCUT2D eigenvalue weighted by atomic mass is 9.77. The predicted octanol–water partition coefficient (Wildman–Crippen LogP) is 10.7.